The van der Waals surface area contributed by atoms with Crippen molar-refractivity contribution in [2.45, 2.75) is 25.2 Å². The first-order valence-electron chi connectivity index (χ1n) is 9.15. The summed E-state index contributed by atoms with van der Waals surface area (Å²) in [7, 11) is 0. The van der Waals surface area contributed by atoms with Crippen LogP contribution in [0.3, 0.4) is 0 Å². The molecule has 0 saturated heterocycles. The Labute approximate surface area is 181 Å². The van der Waals surface area contributed by atoms with Crippen LogP contribution in [-0.4, -0.2) is 25.7 Å². The molecule has 0 bridgehead atoms. The molecule has 6 nitrogen and oxygen atoms in total. The van der Waals surface area contributed by atoms with Gasteiger partial charge in [-0.3, -0.25) is 4.79 Å². The van der Waals surface area contributed by atoms with Gasteiger partial charge >= 0.3 is 12.4 Å². The second kappa shape index (κ2) is 9.00. The van der Waals surface area contributed by atoms with Crippen LogP contribution in [0.25, 0.3) is 17.6 Å². The van der Waals surface area contributed by atoms with Crippen molar-refractivity contribution >= 4 is 12.1 Å². The number of rotatable bonds is 6. The van der Waals surface area contributed by atoms with Gasteiger partial charge in [-0.25, -0.2) is 14.6 Å². The van der Waals surface area contributed by atoms with Gasteiger partial charge in [0.1, 0.15) is 6.33 Å². The average Bonchev–Trinajstić information content (AvgIpc) is 3.18. The van der Waals surface area contributed by atoms with Crippen molar-refractivity contribution in [3.8, 4) is 11.4 Å². The minimum Gasteiger partial charge on any atom is -0.366 e. The number of carbonyl (C=O) groups excluding carboxylic acids is 1. The Hall–Kier alpha value is -3.77. The Morgan fingerprint density at radius 2 is 1.64 bits per heavy atom. The minimum absolute atomic E-state index is 0.00642. The fraction of sp³-hybridized carbons (Fsp3) is 0.200. The van der Waals surface area contributed by atoms with Crippen LogP contribution in [0.5, 0.6) is 0 Å². The highest BCUT2D eigenvalue weighted by atomic mass is 19.4. The van der Waals surface area contributed by atoms with E-state index in [1.54, 1.807) is 0 Å². The second-order valence-electron chi connectivity index (χ2n) is 6.85. The summed E-state index contributed by atoms with van der Waals surface area (Å²) in [4.78, 5) is 18.9. The van der Waals surface area contributed by atoms with Crippen LogP contribution in [0.1, 0.15) is 23.1 Å². The van der Waals surface area contributed by atoms with Gasteiger partial charge in [0.15, 0.2) is 5.82 Å². The highest BCUT2D eigenvalue weighted by molar-refractivity contribution is 5.94. The average molecular weight is 473 g/mol. The lowest BCUT2D eigenvalue weighted by Crippen LogP contribution is -2.15. The summed E-state index contributed by atoms with van der Waals surface area (Å²) in [6.07, 6.45) is -6.42. The van der Waals surface area contributed by atoms with E-state index < -0.39 is 46.7 Å². The summed E-state index contributed by atoms with van der Waals surface area (Å²) in [5.74, 6) is -1.99. The number of alkyl halides is 6. The van der Waals surface area contributed by atoms with Gasteiger partial charge in [0, 0.05) is 23.5 Å². The third-order valence-corrected chi connectivity index (χ3v) is 4.43. The number of hydrogen-bond acceptors (Lipinski definition) is 4. The summed E-state index contributed by atoms with van der Waals surface area (Å²) < 4.78 is 92.5. The minimum atomic E-state index is -5.02. The molecule has 3 rings (SSSR count). The van der Waals surface area contributed by atoms with Gasteiger partial charge in [-0.15, -0.1) is 5.10 Å². The fourth-order valence-electron chi connectivity index (χ4n) is 2.84. The molecule has 0 aliphatic rings. The molecular formula is C20H14F7N5O. The highest BCUT2D eigenvalue weighted by Gasteiger charge is 2.37. The first-order chi connectivity index (χ1) is 15.3. The van der Waals surface area contributed by atoms with Crippen LogP contribution in [0, 0.1) is 5.95 Å². The van der Waals surface area contributed by atoms with E-state index in [1.165, 1.54) is 12.3 Å². The zero-order chi connectivity index (χ0) is 24.4. The molecule has 0 aliphatic heterocycles. The molecule has 3 aromatic rings. The zero-order valence-electron chi connectivity index (χ0n) is 16.5. The van der Waals surface area contributed by atoms with E-state index >= 15 is 0 Å². The molecule has 0 fully saturated rings. The number of benzene rings is 1. The van der Waals surface area contributed by atoms with Crippen molar-refractivity contribution in [1.82, 2.24) is 19.7 Å². The first kappa shape index (κ1) is 23.9. The van der Waals surface area contributed by atoms with Crippen LogP contribution in [-0.2, 0) is 23.6 Å². The number of carbonyl (C=O) groups is 1. The predicted octanol–water partition coefficient (Wildman–Crippen LogP) is 4.48. The van der Waals surface area contributed by atoms with E-state index in [0.29, 0.717) is 17.7 Å². The summed E-state index contributed by atoms with van der Waals surface area (Å²) in [5.41, 5.74) is 2.33. The van der Waals surface area contributed by atoms with Crippen molar-refractivity contribution in [2.75, 3.05) is 0 Å². The standard InChI is InChI=1S/C20H14F7N5O/c21-16-5-11(3-4-29-16)1-2-12(17(28)33)9-32-10-30-18(31-32)13-6-14(19(22,23)24)8-15(7-13)20(25,26)27/h3-10H,1-2H2,(H2,28,33)/b12-9+. The van der Waals surface area contributed by atoms with Gasteiger partial charge in [-0.1, -0.05) is 0 Å². The molecule has 0 radical (unpaired) electrons. The maximum Gasteiger partial charge on any atom is 0.416 e. The molecule has 0 saturated carbocycles. The van der Waals surface area contributed by atoms with Crippen molar-refractivity contribution in [2.24, 2.45) is 5.73 Å². The number of nitrogens with two attached hydrogens (primary N) is 1. The quantitative estimate of drug-likeness (QED) is 0.325. The predicted molar refractivity (Wildman–Crippen MR) is 101 cm³/mol. The van der Waals surface area contributed by atoms with Crippen molar-refractivity contribution < 1.29 is 35.5 Å². The number of hydrogen-bond donors (Lipinski definition) is 1. The Morgan fingerprint density at radius 1 is 1.00 bits per heavy atom. The normalized spacial score (nSPS) is 12.8. The molecular weight excluding hydrogens is 459 g/mol. The molecule has 2 aromatic heterocycles. The van der Waals surface area contributed by atoms with E-state index in [4.69, 9.17) is 5.73 Å². The van der Waals surface area contributed by atoms with Gasteiger partial charge in [0.25, 0.3) is 0 Å². The lowest BCUT2D eigenvalue weighted by molar-refractivity contribution is -0.143. The largest absolute Gasteiger partial charge is 0.416 e. The van der Waals surface area contributed by atoms with Crippen LogP contribution >= 0.6 is 0 Å². The summed E-state index contributed by atoms with van der Waals surface area (Å²) in [6.45, 7) is 0. The van der Waals surface area contributed by atoms with Gasteiger partial charge in [-0.2, -0.15) is 30.7 Å². The molecule has 0 atom stereocenters. The molecule has 13 heteroatoms. The molecule has 1 aromatic carbocycles. The van der Waals surface area contributed by atoms with Gasteiger partial charge in [-0.05, 0) is 48.7 Å². The van der Waals surface area contributed by atoms with E-state index in [9.17, 15) is 35.5 Å². The Kier molecular flexibility index (Phi) is 6.51. The fourth-order valence-corrected chi connectivity index (χ4v) is 2.84. The smallest absolute Gasteiger partial charge is 0.366 e. The van der Waals surface area contributed by atoms with Gasteiger partial charge in [0.05, 0.1) is 11.1 Å². The van der Waals surface area contributed by atoms with Crippen molar-refractivity contribution in [1.29, 1.82) is 0 Å². The number of primary amides is 1. The van der Waals surface area contributed by atoms with Gasteiger partial charge < -0.3 is 5.73 Å². The number of aromatic nitrogens is 4. The number of amides is 1. The van der Waals surface area contributed by atoms with E-state index in [1.807, 2.05) is 0 Å². The molecule has 0 unspecified atom stereocenters. The molecule has 0 spiro atoms. The third-order valence-electron chi connectivity index (χ3n) is 4.43. The zero-order valence-corrected chi connectivity index (χ0v) is 16.5. The van der Waals surface area contributed by atoms with Crippen molar-refractivity contribution in [3.63, 3.8) is 0 Å². The maximum absolute atomic E-state index is 13.2. The molecule has 0 aliphatic carbocycles. The van der Waals surface area contributed by atoms with Crippen LogP contribution in [0.2, 0.25) is 0 Å². The number of pyridine rings is 1. The molecule has 2 heterocycles. The summed E-state index contributed by atoms with van der Waals surface area (Å²) >= 11 is 0. The Morgan fingerprint density at radius 3 is 2.18 bits per heavy atom. The summed E-state index contributed by atoms with van der Waals surface area (Å²) in [6, 6.07) is 3.67. The Bertz CT molecular complexity index is 1170. The van der Waals surface area contributed by atoms with Crippen molar-refractivity contribution in [3.05, 3.63) is 71.1 Å². The number of nitrogens with zero attached hydrogens (tertiary/aromatic N) is 4. The molecule has 33 heavy (non-hydrogen) atoms. The first-order valence-corrected chi connectivity index (χ1v) is 9.15. The van der Waals surface area contributed by atoms with E-state index in [-0.39, 0.29) is 24.5 Å². The lowest BCUT2D eigenvalue weighted by Gasteiger charge is -2.13. The van der Waals surface area contributed by atoms with Crippen LogP contribution in [0.4, 0.5) is 30.7 Å². The van der Waals surface area contributed by atoms with Crippen LogP contribution in [0.15, 0.2) is 48.4 Å². The topological polar surface area (TPSA) is 86.7 Å². The number of halogens is 7. The SMILES string of the molecule is NC(=O)/C(=C/n1cnc(-c2cc(C(F)(F)F)cc(C(F)(F)F)c2)n1)CCc1ccnc(F)c1. The molecule has 1 amide bonds. The van der Waals surface area contributed by atoms with Crippen LogP contribution < -0.4 is 5.73 Å². The van der Waals surface area contributed by atoms with E-state index in [2.05, 4.69) is 15.1 Å². The molecule has 174 valence electrons. The number of aryl methyl sites for hydroxylation is 1. The second-order valence-corrected chi connectivity index (χ2v) is 6.85. The monoisotopic (exact) mass is 473 g/mol. The van der Waals surface area contributed by atoms with E-state index in [0.717, 1.165) is 23.3 Å². The summed E-state index contributed by atoms with van der Waals surface area (Å²) in [5, 5.41) is 3.83. The molecule has 2 N–H and O–H groups in total. The maximum atomic E-state index is 13.2. The van der Waals surface area contributed by atoms with Gasteiger partial charge in [0.2, 0.25) is 11.9 Å². The lowest BCUT2D eigenvalue weighted by atomic mass is 10.0. The third kappa shape index (κ3) is 6.14. The Balaban J connectivity index is 1.91. The highest BCUT2D eigenvalue weighted by Crippen LogP contribution is 2.38.